The highest BCUT2D eigenvalue weighted by Gasteiger charge is 2.33. The molecule has 0 aliphatic carbocycles. The van der Waals surface area contributed by atoms with Gasteiger partial charge < -0.3 is 20.1 Å². The van der Waals surface area contributed by atoms with Crippen molar-refractivity contribution >= 4 is 23.4 Å². The average molecular weight is 410 g/mol. The van der Waals surface area contributed by atoms with Gasteiger partial charge in [0.15, 0.2) is 0 Å². The van der Waals surface area contributed by atoms with Gasteiger partial charge in [-0.1, -0.05) is 0 Å². The quantitative estimate of drug-likeness (QED) is 0.774. The maximum atomic E-state index is 12.1. The number of hydrogen-bond acceptors (Lipinski definition) is 7. The van der Waals surface area contributed by atoms with E-state index in [2.05, 4.69) is 16.2 Å². The maximum Gasteiger partial charge on any atom is 0.410 e. The number of pyridine rings is 1. The number of methoxy groups -OCH3 is 1. The highest BCUT2D eigenvalue weighted by Crippen LogP contribution is 2.28. The fourth-order valence-corrected chi connectivity index (χ4v) is 3.08. The molecule has 0 aromatic carbocycles. The molecule has 3 rings (SSSR count). The van der Waals surface area contributed by atoms with Crippen molar-refractivity contribution in [3.8, 4) is 11.8 Å². The van der Waals surface area contributed by atoms with Crippen molar-refractivity contribution in [3.63, 3.8) is 0 Å². The molecule has 9 heteroatoms. The van der Waals surface area contributed by atoms with Gasteiger partial charge in [-0.3, -0.25) is 4.99 Å². The molecule has 30 heavy (non-hydrogen) atoms. The van der Waals surface area contributed by atoms with Gasteiger partial charge in [-0.05, 0) is 33.8 Å². The van der Waals surface area contributed by atoms with Gasteiger partial charge in [0.1, 0.15) is 28.5 Å². The molecule has 0 spiro atoms. The first-order valence-electron chi connectivity index (χ1n) is 9.56. The van der Waals surface area contributed by atoms with Gasteiger partial charge in [0.25, 0.3) is 0 Å². The van der Waals surface area contributed by atoms with Gasteiger partial charge >= 0.3 is 6.09 Å². The summed E-state index contributed by atoms with van der Waals surface area (Å²) in [6.07, 6.45) is 4.65. The molecule has 158 valence electrons. The second kappa shape index (κ2) is 8.06. The molecule has 0 bridgehead atoms. The number of hydrogen-bond donors (Lipinski definition) is 1. The topological polar surface area (TPSA) is 118 Å². The number of nitriles is 1. The van der Waals surface area contributed by atoms with E-state index in [-0.39, 0.29) is 12.1 Å². The molecule has 9 nitrogen and oxygen atoms in total. The van der Waals surface area contributed by atoms with Crippen LogP contribution in [0.25, 0.3) is 11.1 Å². The van der Waals surface area contributed by atoms with Crippen molar-refractivity contribution in [2.75, 3.05) is 20.2 Å². The van der Waals surface area contributed by atoms with Crippen LogP contribution in [0.3, 0.4) is 0 Å². The molecule has 3 heterocycles. The van der Waals surface area contributed by atoms with Crippen LogP contribution in [0.15, 0.2) is 29.1 Å². The molecule has 1 fully saturated rings. The molecule has 2 aromatic heterocycles. The van der Waals surface area contributed by atoms with Gasteiger partial charge in [-0.25, -0.2) is 9.31 Å². The summed E-state index contributed by atoms with van der Waals surface area (Å²) < 4.78 is 12.4. The van der Waals surface area contributed by atoms with Crippen LogP contribution in [0.4, 0.5) is 4.79 Å². The molecule has 1 saturated heterocycles. The summed E-state index contributed by atoms with van der Waals surface area (Å²) in [4.78, 5) is 18.2. The van der Waals surface area contributed by atoms with E-state index >= 15 is 0 Å². The molecule has 1 aliphatic heterocycles. The first-order chi connectivity index (χ1) is 14.1. The van der Waals surface area contributed by atoms with Crippen LogP contribution < -0.4 is 10.5 Å². The molecule has 0 atom stereocenters. The molecule has 1 aliphatic rings. The Morgan fingerprint density at radius 1 is 1.43 bits per heavy atom. The van der Waals surface area contributed by atoms with Crippen molar-refractivity contribution in [2.24, 2.45) is 10.7 Å². The first kappa shape index (κ1) is 21.2. The minimum Gasteiger partial charge on any atom is -0.494 e. The number of nitrogens with zero attached hydrogens (tertiary/aromatic N) is 5. The Morgan fingerprint density at radius 3 is 2.70 bits per heavy atom. The van der Waals surface area contributed by atoms with Gasteiger partial charge in [0.2, 0.25) is 0 Å². The monoisotopic (exact) mass is 410 g/mol. The normalized spacial score (nSPS) is 15.7. The number of carbonyl (C=O) groups is 1. The summed E-state index contributed by atoms with van der Waals surface area (Å²) >= 11 is 0. The number of likely N-dealkylation sites (tertiary alicyclic amines) is 1. The van der Waals surface area contributed by atoms with E-state index in [1.54, 1.807) is 35.9 Å². The van der Waals surface area contributed by atoms with Gasteiger partial charge in [-0.2, -0.15) is 10.4 Å². The van der Waals surface area contributed by atoms with Crippen LogP contribution in [-0.4, -0.2) is 58.7 Å². The van der Waals surface area contributed by atoms with E-state index in [1.165, 1.54) is 6.20 Å². The van der Waals surface area contributed by atoms with Crippen LogP contribution >= 0.6 is 0 Å². The van der Waals surface area contributed by atoms with E-state index in [9.17, 15) is 10.1 Å². The minimum absolute atomic E-state index is 0.0209. The summed E-state index contributed by atoms with van der Waals surface area (Å²) in [7, 11) is 1.54. The Morgan fingerprint density at radius 2 is 2.13 bits per heavy atom. The first-order valence-corrected chi connectivity index (χ1v) is 9.56. The van der Waals surface area contributed by atoms with Crippen molar-refractivity contribution in [2.45, 2.75) is 39.3 Å². The lowest BCUT2D eigenvalue weighted by Gasteiger charge is -2.37. The maximum absolute atomic E-state index is 12.1. The second-order valence-corrected chi connectivity index (χ2v) is 8.17. The van der Waals surface area contributed by atoms with E-state index < -0.39 is 5.60 Å². The van der Waals surface area contributed by atoms with E-state index in [4.69, 9.17) is 15.2 Å². The van der Waals surface area contributed by atoms with E-state index in [1.807, 2.05) is 26.8 Å². The van der Waals surface area contributed by atoms with Crippen molar-refractivity contribution in [3.05, 3.63) is 35.3 Å². The molecule has 2 aromatic rings. The van der Waals surface area contributed by atoms with E-state index in [0.29, 0.717) is 35.6 Å². The number of carbonyl (C=O) groups excluding carboxylic acids is 1. The van der Waals surface area contributed by atoms with Crippen molar-refractivity contribution < 1.29 is 14.3 Å². The molecular formula is C21H26N6O3. The summed E-state index contributed by atoms with van der Waals surface area (Å²) in [5, 5.41) is 13.5. The van der Waals surface area contributed by atoms with Crippen molar-refractivity contribution in [1.29, 1.82) is 5.26 Å². The zero-order valence-electron chi connectivity index (χ0n) is 17.8. The average Bonchev–Trinajstić information content (AvgIpc) is 3.03. The van der Waals surface area contributed by atoms with Gasteiger partial charge in [0.05, 0.1) is 19.3 Å². The molecular weight excluding hydrogens is 384 g/mol. The summed E-state index contributed by atoms with van der Waals surface area (Å²) in [5.41, 5.74) is 8.68. The van der Waals surface area contributed by atoms with Crippen LogP contribution in [0, 0.1) is 11.3 Å². The van der Waals surface area contributed by atoms with Gasteiger partial charge in [0, 0.05) is 42.3 Å². The van der Waals surface area contributed by atoms with E-state index in [0.717, 1.165) is 11.1 Å². The summed E-state index contributed by atoms with van der Waals surface area (Å²) in [6.45, 7) is 8.30. The number of allylic oxidation sites excluding steroid dienone is 2. The molecule has 0 unspecified atom stereocenters. The predicted octanol–water partition coefficient (Wildman–Crippen LogP) is 2.59. The third kappa shape index (κ3) is 4.38. The summed E-state index contributed by atoms with van der Waals surface area (Å²) in [6, 6.07) is 3.90. The lowest BCUT2D eigenvalue weighted by atomic mass is 10.1. The van der Waals surface area contributed by atoms with Crippen LogP contribution in [-0.2, 0) is 4.74 Å². The molecule has 2 N–H and O–H groups in total. The second-order valence-electron chi connectivity index (χ2n) is 8.17. The number of nitrogens with two attached hydrogens (primary N) is 1. The Bertz CT molecular complexity index is 1060. The number of aromatic nitrogens is 2. The zero-order chi connectivity index (χ0) is 22.1. The lowest BCUT2D eigenvalue weighted by molar-refractivity contribution is 0.00911. The Hall–Kier alpha value is -3.54. The lowest BCUT2D eigenvalue weighted by Crippen LogP contribution is -2.54. The van der Waals surface area contributed by atoms with Crippen LogP contribution in [0.2, 0.25) is 0 Å². The largest absolute Gasteiger partial charge is 0.494 e. The van der Waals surface area contributed by atoms with Gasteiger partial charge in [-0.15, -0.1) is 0 Å². The smallest absolute Gasteiger partial charge is 0.410 e. The van der Waals surface area contributed by atoms with Crippen LogP contribution in [0.1, 0.15) is 38.8 Å². The Balaban J connectivity index is 1.78. The number of fused-ring (bicyclic) bond motifs is 1. The standard InChI is InChI=1S/C21H26N6O3/c1-13(23)17(9-24-16-11-26(12-16)20(28)30-21(2,3)4)14-6-18(29-5)19-15(7-22)8-25-27(19)10-14/h6,8-10,16H,11-12,23H2,1-5H3/b17-13+,24-9?. The fraction of sp³-hybridized carbons (Fsp3) is 0.429. The summed E-state index contributed by atoms with van der Waals surface area (Å²) in [5.74, 6) is 0.522. The highest BCUT2D eigenvalue weighted by atomic mass is 16.6. The number of aliphatic imine (C=N–C) groups is 1. The van der Waals surface area contributed by atoms with Crippen molar-refractivity contribution in [1.82, 2.24) is 14.5 Å². The third-order valence-corrected chi connectivity index (χ3v) is 4.58. The molecule has 0 saturated carbocycles. The number of amides is 1. The number of ether oxygens (including phenoxy) is 2. The zero-order valence-corrected chi connectivity index (χ0v) is 17.8. The molecule has 0 radical (unpaired) electrons. The SMILES string of the molecule is COc1cc(/C(C=NC2CN(C(=O)OC(C)(C)C)C2)=C(\C)N)cn2ncc(C#N)c12. The molecule has 1 amide bonds. The van der Waals surface area contributed by atoms with Crippen LogP contribution in [0.5, 0.6) is 5.75 Å². The predicted molar refractivity (Wildman–Crippen MR) is 113 cm³/mol. The highest BCUT2D eigenvalue weighted by molar-refractivity contribution is 6.11. The fourth-order valence-electron chi connectivity index (χ4n) is 3.08. The third-order valence-electron chi connectivity index (χ3n) is 4.58. The Kier molecular flexibility index (Phi) is 5.69. The number of rotatable bonds is 4. The minimum atomic E-state index is -0.520. The Labute approximate surface area is 175 Å².